The van der Waals surface area contributed by atoms with E-state index in [0.717, 1.165) is 16.3 Å². The lowest BCUT2D eigenvalue weighted by molar-refractivity contribution is 0.130. The molecule has 0 heterocycles. The van der Waals surface area contributed by atoms with Crippen LogP contribution in [0.1, 0.15) is 19.4 Å². The number of nitrogens with one attached hydrogen (secondary N) is 1. The number of alkyl carbamates (subject to hydrolysis) is 1. The van der Waals surface area contributed by atoms with Gasteiger partial charge in [0.25, 0.3) is 0 Å². The number of hydrogen-bond donors (Lipinski definition) is 2. The predicted octanol–water partition coefficient (Wildman–Crippen LogP) is 1.54. The van der Waals surface area contributed by atoms with Crippen LogP contribution in [0.25, 0.3) is 0 Å². The molecule has 0 aromatic heterocycles. The summed E-state index contributed by atoms with van der Waals surface area (Å²) >= 11 is 0. The molecule has 23 heavy (non-hydrogen) atoms. The SMILES string of the molecule is COc1ccc(/C=N/N(CCOC(=O)NC(C)C)C(N)=O)cc1. The van der Waals surface area contributed by atoms with Crippen molar-refractivity contribution >= 4 is 18.3 Å². The Balaban J connectivity index is 2.52. The topological polar surface area (TPSA) is 106 Å². The van der Waals surface area contributed by atoms with Crippen LogP contribution in [0.2, 0.25) is 0 Å². The van der Waals surface area contributed by atoms with Gasteiger partial charge in [-0.2, -0.15) is 5.10 Å². The lowest BCUT2D eigenvalue weighted by atomic mass is 10.2. The Bertz CT molecular complexity index is 543. The number of nitrogens with zero attached hydrogens (tertiary/aromatic N) is 2. The van der Waals surface area contributed by atoms with Crippen LogP contribution in [0.4, 0.5) is 9.59 Å². The molecule has 0 aliphatic heterocycles. The second kappa shape index (κ2) is 9.29. The smallest absolute Gasteiger partial charge is 0.407 e. The van der Waals surface area contributed by atoms with Gasteiger partial charge in [0.2, 0.25) is 0 Å². The zero-order valence-corrected chi connectivity index (χ0v) is 13.5. The number of primary amides is 1. The van der Waals surface area contributed by atoms with Gasteiger partial charge in [-0.15, -0.1) is 0 Å². The summed E-state index contributed by atoms with van der Waals surface area (Å²) in [4.78, 5) is 22.7. The van der Waals surface area contributed by atoms with E-state index in [1.165, 1.54) is 6.21 Å². The highest BCUT2D eigenvalue weighted by atomic mass is 16.5. The van der Waals surface area contributed by atoms with Crippen LogP contribution >= 0.6 is 0 Å². The molecule has 126 valence electrons. The van der Waals surface area contributed by atoms with Crippen molar-refractivity contribution in [2.24, 2.45) is 10.8 Å². The third-order valence-corrected chi connectivity index (χ3v) is 2.66. The van der Waals surface area contributed by atoms with Crippen molar-refractivity contribution in [3.05, 3.63) is 29.8 Å². The number of amides is 3. The molecule has 3 amide bonds. The van der Waals surface area contributed by atoms with E-state index in [0.29, 0.717) is 0 Å². The van der Waals surface area contributed by atoms with Crippen LogP contribution < -0.4 is 15.8 Å². The molecule has 8 heteroatoms. The number of nitrogens with two attached hydrogens (primary N) is 1. The number of hydrazone groups is 1. The van der Waals surface area contributed by atoms with Crippen molar-refractivity contribution in [2.75, 3.05) is 20.3 Å². The zero-order valence-electron chi connectivity index (χ0n) is 13.5. The molecule has 1 aromatic rings. The number of carbonyl (C=O) groups excluding carboxylic acids is 2. The van der Waals surface area contributed by atoms with Crippen molar-refractivity contribution in [3.8, 4) is 5.75 Å². The minimum Gasteiger partial charge on any atom is -0.497 e. The molecule has 0 spiro atoms. The van der Waals surface area contributed by atoms with Crippen molar-refractivity contribution in [1.29, 1.82) is 0 Å². The maximum atomic E-state index is 11.3. The van der Waals surface area contributed by atoms with Gasteiger partial charge >= 0.3 is 12.1 Å². The fourth-order valence-corrected chi connectivity index (χ4v) is 1.55. The summed E-state index contributed by atoms with van der Waals surface area (Å²) in [6.07, 6.45) is 0.932. The molecule has 0 fully saturated rings. The van der Waals surface area contributed by atoms with Crippen LogP contribution in [0.5, 0.6) is 5.75 Å². The van der Waals surface area contributed by atoms with Crippen molar-refractivity contribution in [2.45, 2.75) is 19.9 Å². The molecule has 0 radical (unpaired) electrons. The maximum absolute atomic E-state index is 11.3. The van der Waals surface area contributed by atoms with Crippen LogP contribution in [0.15, 0.2) is 29.4 Å². The van der Waals surface area contributed by atoms with E-state index in [9.17, 15) is 9.59 Å². The lowest BCUT2D eigenvalue weighted by Crippen LogP contribution is -2.36. The highest BCUT2D eigenvalue weighted by Crippen LogP contribution is 2.09. The first-order valence-corrected chi connectivity index (χ1v) is 7.10. The number of ether oxygens (including phenoxy) is 2. The molecule has 1 aromatic carbocycles. The van der Waals surface area contributed by atoms with Gasteiger partial charge in [0, 0.05) is 6.04 Å². The second-order valence-corrected chi connectivity index (χ2v) is 4.91. The summed E-state index contributed by atoms with van der Waals surface area (Å²) in [6, 6.07) is 6.36. The fourth-order valence-electron chi connectivity index (χ4n) is 1.55. The fraction of sp³-hybridized carbons (Fsp3) is 0.400. The minimum atomic E-state index is -0.734. The number of methoxy groups -OCH3 is 1. The molecule has 8 nitrogen and oxygen atoms in total. The Morgan fingerprint density at radius 3 is 2.52 bits per heavy atom. The first-order chi connectivity index (χ1) is 10.9. The maximum Gasteiger partial charge on any atom is 0.407 e. The van der Waals surface area contributed by atoms with Gasteiger partial charge in [0.15, 0.2) is 0 Å². The molecule has 0 aliphatic rings. The lowest BCUT2D eigenvalue weighted by Gasteiger charge is -2.15. The molecule has 0 saturated heterocycles. The van der Waals surface area contributed by atoms with Gasteiger partial charge in [-0.05, 0) is 43.7 Å². The summed E-state index contributed by atoms with van der Waals surface area (Å²) in [7, 11) is 1.58. The Morgan fingerprint density at radius 2 is 2.00 bits per heavy atom. The number of rotatable bonds is 7. The minimum absolute atomic E-state index is 0.0125. The van der Waals surface area contributed by atoms with Gasteiger partial charge in [0.1, 0.15) is 12.4 Å². The van der Waals surface area contributed by atoms with Crippen molar-refractivity contribution in [1.82, 2.24) is 10.3 Å². The molecule has 0 atom stereocenters. The molecular formula is C15H22N4O4. The van der Waals surface area contributed by atoms with Crippen LogP contribution in [-0.2, 0) is 4.74 Å². The Morgan fingerprint density at radius 1 is 1.35 bits per heavy atom. The van der Waals surface area contributed by atoms with Gasteiger partial charge in [0.05, 0.1) is 19.9 Å². The van der Waals surface area contributed by atoms with Crippen molar-refractivity contribution < 1.29 is 19.1 Å². The standard InChI is InChI=1S/C15H22N4O4/c1-11(2)18-15(21)23-9-8-19(14(16)20)17-10-12-4-6-13(22-3)7-5-12/h4-7,10-11H,8-9H2,1-3H3,(H2,16,20)(H,18,21)/b17-10+. The number of urea groups is 1. The van der Waals surface area contributed by atoms with E-state index in [1.807, 2.05) is 13.8 Å². The van der Waals surface area contributed by atoms with E-state index in [2.05, 4.69) is 10.4 Å². The Kier molecular flexibility index (Phi) is 7.38. The summed E-state index contributed by atoms with van der Waals surface area (Å²) in [5, 5.41) is 7.58. The number of carbonyl (C=O) groups is 2. The summed E-state index contributed by atoms with van der Waals surface area (Å²) in [5.74, 6) is 0.721. The highest BCUT2D eigenvalue weighted by molar-refractivity contribution is 5.81. The average molecular weight is 322 g/mol. The Hall–Kier alpha value is -2.77. The Labute approximate surface area is 135 Å². The van der Waals surface area contributed by atoms with E-state index in [4.69, 9.17) is 15.2 Å². The first kappa shape index (κ1) is 18.3. The normalized spacial score (nSPS) is 10.6. The summed E-state index contributed by atoms with van der Waals surface area (Å²) in [5.41, 5.74) is 6.01. The zero-order chi connectivity index (χ0) is 17.2. The molecule has 3 N–H and O–H groups in total. The van der Waals surface area contributed by atoms with E-state index >= 15 is 0 Å². The number of hydrogen-bond acceptors (Lipinski definition) is 5. The highest BCUT2D eigenvalue weighted by Gasteiger charge is 2.09. The number of benzene rings is 1. The average Bonchev–Trinajstić information content (AvgIpc) is 2.50. The molecule has 0 aliphatic carbocycles. The summed E-state index contributed by atoms with van der Waals surface area (Å²) < 4.78 is 9.98. The van der Waals surface area contributed by atoms with E-state index in [-0.39, 0.29) is 19.2 Å². The van der Waals surface area contributed by atoms with Crippen LogP contribution in [-0.4, -0.2) is 49.7 Å². The van der Waals surface area contributed by atoms with Crippen LogP contribution in [0.3, 0.4) is 0 Å². The second-order valence-electron chi connectivity index (χ2n) is 4.91. The molecule has 0 saturated carbocycles. The van der Waals surface area contributed by atoms with Gasteiger partial charge in [-0.3, -0.25) is 0 Å². The monoisotopic (exact) mass is 322 g/mol. The third kappa shape index (κ3) is 7.16. The largest absolute Gasteiger partial charge is 0.497 e. The van der Waals surface area contributed by atoms with E-state index in [1.54, 1.807) is 31.4 Å². The first-order valence-electron chi connectivity index (χ1n) is 7.10. The third-order valence-electron chi connectivity index (χ3n) is 2.66. The predicted molar refractivity (Wildman–Crippen MR) is 86.5 cm³/mol. The van der Waals surface area contributed by atoms with Gasteiger partial charge in [-0.1, -0.05) is 0 Å². The van der Waals surface area contributed by atoms with Gasteiger partial charge in [-0.25, -0.2) is 14.6 Å². The molecular weight excluding hydrogens is 300 g/mol. The molecule has 1 rings (SSSR count). The van der Waals surface area contributed by atoms with Gasteiger partial charge < -0.3 is 20.5 Å². The summed E-state index contributed by atoms with van der Waals surface area (Å²) in [6.45, 7) is 3.68. The van der Waals surface area contributed by atoms with Crippen molar-refractivity contribution in [3.63, 3.8) is 0 Å². The molecule has 0 unspecified atom stereocenters. The van der Waals surface area contributed by atoms with Crippen LogP contribution in [0, 0.1) is 0 Å². The quantitative estimate of drug-likeness (QED) is 0.586. The molecule has 0 bridgehead atoms. The van der Waals surface area contributed by atoms with E-state index < -0.39 is 12.1 Å².